The predicted molar refractivity (Wildman–Crippen MR) is 122 cm³/mol. The van der Waals surface area contributed by atoms with Crippen molar-refractivity contribution in [1.82, 2.24) is 0 Å². The number of nitrogens with one attached hydrogen (secondary N) is 2. The molecule has 4 aromatic carbocycles. The Hall–Kier alpha value is -3.84. The Morgan fingerprint density at radius 2 is 1.42 bits per heavy atom. The topological polar surface area (TPSA) is 84.5 Å². The largest absolute Gasteiger partial charge is 0.497 e. The average Bonchev–Trinajstić information content (AvgIpc) is 2.79. The molecule has 4 rings (SSSR count). The van der Waals surface area contributed by atoms with E-state index in [-0.39, 0.29) is 10.8 Å². The van der Waals surface area contributed by atoms with E-state index in [2.05, 4.69) is 10.0 Å². The van der Waals surface area contributed by atoms with E-state index in [9.17, 15) is 13.2 Å². The number of sulfonamides is 1. The summed E-state index contributed by atoms with van der Waals surface area (Å²) in [6, 6.07) is 25.9. The lowest BCUT2D eigenvalue weighted by Gasteiger charge is -2.10. The van der Waals surface area contributed by atoms with Crippen LogP contribution < -0.4 is 14.8 Å². The fourth-order valence-electron chi connectivity index (χ4n) is 3.13. The number of ether oxygens (including phenoxy) is 1. The summed E-state index contributed by atoms with van der Waals surface area (Å²) in [6.07, 6.45) is 0. The highest BCUT2D eigenvalue weighted by molar-refractivity contribution is 7.92. The number of anilines is 2. The number of benzene rings is 4. The summed E-state index contributed by atoms with van der Waals surface area (Å²) >= 11 is 0. The smallest absolute Gasteiger partial charge is 0.261 e. The highest BCUT2D eigenvalue weighted by Crippen LogP contribution is 2.21. The molecule has 0 spiro atoms. The highest BCUT2D eigenvalue weighted by Gasteiger charge is 2.15. The van der Waals surface area contributed by atoms with Crippen molar-refractivity contribution in [2.75, 3.05) is 17.1 Å². The molecule has 0 aliphatic carbocycles. The zero-order chi connectivity index (χ0) is 21.8. The second-order valence-corrected chi connectivity index (χ2v) is 8.56. The third-order valence-electron chi connectivity index (χ3n) is 4.78. The van der Waals surface area contributed by atoms with E-state index in [0.717, 1.165) is 10.8 Å². The lowest BCUT2D eigenvalue weighted by molar-refractivity contribution is 0.102. The summed E-state index contributed by atoms with van der Waals surface area (Å²) in [4.78, 5) is 12.6. The van der Waals surface area contributed by atoms with Crippen LogP contribution in [0.2, 0.25) is 0 Å². The molecule has 0 fully saturated rings. The number of methoxy groups -OCH3 is 1. The van der Waals surface area contributed by atoms with Crippen LogP contribution in [0.3, 0.4) is 0 Å². The molecule has 0 radical (unpaired) electrons. The minimum atomic E-state index is -3.78. The summed E-state index contributed by atoms with van der Waals surface area (Å²) in [5.74, 6) is 0.312. The summed E-state index contributed by atoms with van der Waals surface area (Å²) in [6.45, 7) is 0. The maximum absolute atomic E-state index is 12.6. The normalized spacial score (nSPS) is 11.1. The van der Waals surface area contributed by atoms with E-state index in [1.807, 2.05) is 42.5 Å². The van der Waals surface area contributed by atoms with E-state index in [1.54, 1.807) is 24.3 Å². The summed E-state index contributed by atoms with van der Waals surface area (Å²) in [7, 11) is -2.24. The first kappa shape index (κ1) is 20.4. The number of hydrogen-bond donors (Lipinski definition) is 2. The van der Waals surface area contributed by atoms with E-state index in [0.29, 0.717) is 22.7 Å². The molecule has 0 unspecified atom stereocenters. The Kier molecular flexibility index (Phi) is 5.60. The molecule has 31 heavy (non-hydrogen) atoms. The molecule has 0 aliphatic rings. The predicted octanol–water partition coefficient (Wildman–Crippen LogP) is 4.90. The molecule has 2 N–H and O–H groups in total. The van der Waals surface area contributed by atoms with Crippen molar-refractivity contribution < 1.29 is 17.9 Å². The van der Waals surface area contributed by atoms with Crippen molar-refractivity contribution in [2.45, 2.75) is 4.90 Å². The van der Waals surface area contributed by atoms with Crippen LogP contribution in [0.25, 0.3) is 10.8 Å². The van der Waals surface area contributed by atoms with Crippen LogP contribution >= 0.6 is 0 Å². The fraction of sp³-hybridized carbons (Fsp3) is 0.0417. The monoisotopic (exact) mass is 432 g/mol. The van der Waals surface area contributed by atoms with Crippen LogP contribution in [-0.2, 0) is 10.0 Å². The van der Waals surface area contributed by atoms with Gasteiger partial charge < -0.3 is 10.1 Å². The first-order valence-electron chi connectivity index (χ1n) is 9.52. The molecule has 6 nitrogen and oxygen atoms in total. The quantitative estimate of drug-likeness (QED) is 0.454. The molecular formula is C24H20N2O4S. The molecule has 0 heterocycles. The Morgan fingerprint density at radius 3 is 2.10 bits per heavy atom. The Bertz CT molecular complexity index is 1330. The molecule has 1 amide bonds. The van der Waals surface area contributed by atoms with E-state index >= 15 is 0 Å². The van der Waals surface area contributed by atoms with Gasteiger partial charge in [-0.15, -0.1) is 0 Å². The molecular weight excluding hydrogens is 412 g/mol. The minimum absolute atomic E-state index is 0.0607. The first-order chi connectivity index (χ1) is 14.9. The summed E-state index contributed by atoms with van der Waals surface area (Å²) in [5.41, 5.74) is 1.44. The summed E-state index contributed by atoms with van der Waals surface area (Å²) < 4.78 is 32.8. The van der Waals surface area contributed by atoms with Crippen molar-refractivity contribution in [3.05, 3.63) is 96.6 Å². The maximum atomic E-state index is 12.6. The van der Waals surface area contributed by atoms with Crippen LogP contribution in [0.4, 0.5) is 11.4 Å². The van der Waals surface area contributed by atoms with Crippen molar-refractivity contribution in [3.63, 3.8) is 0 Å². The second kappa shape index (κ2) is 8.49. The van der Waals surface area contributed by atoms with Crippen LogP contribution in [0.1, 0.15) is 10.4 Å². The summed E-state index contributed by atoms with van der Waals surface area (Å²) in [5, 5.41) is 4.95. The molecule has 0 aliphatic heterocycles. The van der Waals surface area contributed by atoms with Crippen LogP contribution in [-0.4, -0.2) is 21.4 Å². The van der Waals surface area contributed by atoms with Crippen LogP contribution in [0.15, 0.2) is 95.9 Å². The van der Waals surface area contributed by atoms with Crippen molar-refractivity contribution in [2.24, 2.45) is 0 Å². The lowest BCUT2D eigenvalue weighted by Crippen LogP contribution is -2.14. The van der Waals surface area contributed by atoms with Gasteiger partial charge in [-0.05, 0) is 71.4 Å². The Morgan fingerprint density at radius 1 is 0.774 bits per heavy atom. The maximum Gasteiger partial charge on any atom is 0.261 e. The van der Waals surface area contributed by atoms with Gasteiger partial charge in [-0.25, -0.2) is 8.42 Å². The Balaban J connectivity index is 1.47. The zero-order valence-electron chi connectivity index (χ0n) is 16.7. The molecule has 0 saturated carbocycles. The molecule has 4 aromatic rings. The number of carbonyl (C=O) groups is 1. The van der Waals surface area contributed by atoms with Gasteiger partial charge in [-0.1, -0.05) is 30.3 Å². The van der Waals surface area contributed by atoms with Gasteiger partial charge in [0, 0.05) is 16.9 Å². The van der Waals surface area contributed by atoms with Crippen molar-refractivity contribution in [3.8, 4) is 5.75 Å². The molecule has 0 atom stereocenters. The van der Waals surface area contributed by atoms with Crippen LogP contribution in [0, 0.1) is 0 Å². The average molecular weight is 433 g/mol. The Labute approximate surface area is 180 Å². The van der Waals surface area contributed by atoms with Gasteiger partial charge in [0.15, 0.2) is 0 Å². The number of rotatable bonds is 6. The third kappa shape index (κ3) is 4.67. The standard InChI is InChI=1S/C24H20N2O4S/c1-30-22-12-10-20(11-13-22)26-31(28,29)23-14-7-18(8-15-23)24(27)25-21-9-6-17-4-2-3-5-19(17)16-21/h2-16,26H,1H3,(H,25,27). The number of amides is 1. The second-order valence-electron chi connectivity index (χ2n) is 6.87. The van der Waals surface area contributed by atoms with E-state index < -0.39 is 10.0 Å². The molecule has 0 aromatic heterocycles. The van der Waals surface area contributed by atoms with Gasteiger partial charge in [0.05, 0.1) is 12.0 Å². The highest BCUT2D eigenvalue weighted by atomic mass is 32.2. The SMILES string of the molecule is COc1ccc(NS(=O)(=O)c2ccc(C(=O)Nc3ccc4ccccc4c3)cc2)cc1. The van der Waals surface area contributed by atoms with Crippen molar-refractivity contribution in [1.29, 1.82) is 0 Å². The minimum Gasteiger partial charge on any atom is -0.497 e. The van der Waals surface area contributed by atoms with Gasteiger partial charge in [-0.2, -0.15) is 0 Å². The number of fused-ring (bicyclic) bond motifs is 1. The van der Waals surface area contributed by atoms with Gasteiger partial charge in [0.25, 0.3) is 15.9 Å². The van der Waals surface area contributed by atoms with Gasteiger partial charge >= 0.3 is 0 Å². The third-order valence-corrected chi connectivity index (χ3v) is 6.17. The molecule has 0 saturated heterocycles. The van der Waals surface area contributed by atoms with Gasteiger partial charge in [-0.3, -0.25) is 9.52 Å². The van der Waals surface area contributed by atoms with Crippen molar-refractivity contribution >= 4 is 38.1 Å². The zero-order valence-corrected chi connectivity index (χ0v) is 17.5. The molecule has 156 valence electrons. The molecule has 7 heteroatoms. The van der Waals surface area contributed by atoms with E-state index in [1.165, 1.54) is 31.4 Å². The number of hydrogen-bond acceptors (Lipinski definition) is 4. The van der Waals surface area contributed by atoms with E-state index in [4.69, 9.17) is 4.74 Å². The fourth-order valence-corrected chi connectivity index (χ4v) is 4.19. The van der Waals surface area contributed by atoms with Gasteiger partial charge in [0.1, 0.15) is 5.75 Å². The molecule has 0 bridgehead atoms. The first-order valence-corrected chi connectivity index (χ1v) is 11.0. The lowest BCUT2D eigenvalue weighted by atomic mass is 10.1. The van der Waals surface area contributed by atoms with Crippen LogP contribution in [0.5, 0.6) is 5.75 Å². The number of carbonyl (C=O) groups excluding carboxylic acids is 1. The van der Waals surface area contributed by atoms with Gasteiger partial charge in [0.2, 0.25) is 0 Å².